The second-order valence-electron chi connectivity index (χ2n) is 3.89. The van der Waals surface area contributed by atoms with E-state index in [9.17, 15) is 9.90 Å². The van der Waals surface area contributed by atoms with E-state index in [0.29, 0.717) is 6.54 Å². The van der Waals surface area contributed by atoms with Gasteiger partial charge in [0, 0.05) is 19.1 Å². The summed E-state index contributed by atoms with van der Waals surface area (Å²) < 4.78 is 0. The van der Waals surface area contributed by atoms with E-state index < -0.39 is 0 Å². The van der Waals surface area contributed by atoms with Gasteiger partial charge >= 0.3 is 0 Å². The first-order chi connectivity index (χ1) is 7.29. The molecule has 2 unspecified atom stereocenters. The molecule has 15 heavy (non-hydrogen) atoms. The van der Waals surface area contributed by atoms with E-state index >= 15 is 0 Å². The van der Waals surface area contributed by atoms with E-state index in [1.807, 2.05) is 0 Å². The smallest absolute Gasteiger partial charge is 0.153 e. The highest BCUT2D eigenvalue weighted by Gasteiger charge is 2.27. The van der Waals surface area contributed by atoms with Crippen molar-refractivity contribution in [3.63, 3.8) is 0 Å². The molecule has 0 aromatic heterocycles. The van der Waals surface area contributed by atoms with Gasteiger partial charge in [0.2, 0.25) is 0 Å². The molecule has 0 aromatic carbocycles. The number of likely N-dealkylation sites (N-methyl/N-ethyl adjacent to an activating group) is 1. The molecule has 0 aliphatic carbocycles. The molecular weight excluding hydrogens is 194 g/mol. The van der Waals surface area contributed by atoms with Crippen molar-refractivity contribution in [1.82, 2.24) is 16.0 Å². The fraction of sp³-hybridized carbons (Fsp3) is 0.900. The molecule has 5 nitrogen and oxygen atoms in total. The van der Waals surface area contributed by atoms with Gasteiger partial charge in [-0.3, -0.25) is 4.79 Å². The summed E-state index contributed by atoms with van der Waals surface area (Å²) in [5.74, 6) is -0.197. The van der Waals surface area contributed by atoms with Crippen LogP contribution in [0.2, 0.25) is 0 Å². The highest BCUT2D eigenvalue weighted by molar-refractivity contribution is 5.83. The fourth-order valence-electron chi connectivity index (χ4n) is 1.93. The Bertz CT molecular complexity index is 191. The second-order valence-corrected chi connectivity index (χ2v) is 3.89. The molecule has 0 saturated carbocycles. The molecule has 88 valence electrons. The maximum Gasteiger partial charge on any atom is 0.153 e. The highest BCUT2D eigenvalue weighted by atomic mass is 16.3. The third kappa shape index (κ3) is 3.87. The van der Waals surface area contributed by atoms with Gasteiger partial charge in [-0.2, -0.15) is 0 Å². The summed E-state index contributed by atoms with van der Waals surface area (Å²) in [7, 11) is 1.74. The van der Waals surface area contributed by atoms with Gasteiger partial charge in [0.15, 0.2) is 5.78 Å². The Morgan fingerprint density at radius 3 is 3.00 bits per heavy atom. The van der Waals surface area contributed by atoms with Crippen LogP contribution in [-0.4, -0.2) is 56.8 Å². The fourth-order valence-corrected chi connectivity index (χ4v) is 1.93. The summed E-state index contributed by atoms with van der Waals surface area (Å²) in [6.07, 6.45) is 0.890. The van der Waals surface area contributed by atoms with Crippen LogP contribution < -0.4 is 16.0 Å². The lowest BCUT2D eigenvalue weighted by Crippen LogP contribution is -2.44. The monoisotopic (exact) mass is 215 g/mol. The van der Waals surface area contributed by atoms with Crippen LogP contribution in [0.3, 0.4) is 0 Å². The maximum absolute atomic E-state index is 11.7. The molecule has 4 N–H and O–H groups in total. The quantitative estimate of drug-likeness (QED) is 0.441. The first-order valence-electron chi connectivity index (χ1n) is 5.52. The molecule has 1 saturated heterocycles. The minimum Gasteiger partial charge on any atom is -0.396 e. The Morgan fingerprint density at radius 1 is 1.53 bits per heavy atom. The van der Waals surface area contributed by atoms with Crippen molar-refractivity contribution in [2.75, 3.05) is 39.8 Å². The molecule has 1 aliphatic heterocycles. The summed E-state index contributed by atoms with van der Waals surface area (Å²) >= 11 is 0. The van der Waals surface area contributed by atoms with Crippen LogP contribution in [0.15, 0.2) is 0 Å². The number of hydrogen-bond acceptors (Lipinski definition) is 5. The summed E-state index contributed by atoms with van der Waals surface area (Å²) in [5, 5.41) is 18.6. The Kier molecular flexibility index (Phi) is 5.78. The van der Waals surface area contributed by atoms with Crippen molar-refractivity contribution in [1.29, 1.82) is 0 Å². The third-order valence-electron chi connectivity index (χ3n) is 2.79. The largest absolute Gasteiger partial charge is 0.396 e. The first-order valence-corrected chi connectivity index (χ1v) is 5.52. The topological polar surface area (TPSA) is 73.4 Å². The van der Waals surface area contributed by atoms with Crippen LogP contribution >= 0.6 is 0 Å². The van der Waals surface area contributed by atoms with Crippen LogP contribution in [0.4, 0.5) is 0 Å². The number of aliphatic hydroxyl groups excluding tert-OH is 1. The van der Waals surface area contributed by atoms with Crippen LogP contribution in [0.25, 0.3) is 0 Å². The highest BCUT2D eigenvalue weighted by Crippen LogP contribution is 2.09. The van der Waals surface area contributed by atoms with Crippen molar-refractivity contribution in [2.24, 2.45) is 5.92 Å². The standard InChI is InChI=1S/C10H21N3O2/c1-11-6-10(15)8(7-14)9-2-3-12-4-5-13-9/h8-9,11-14H,2-7H2,1H3. The van der Waals surface area contributed by atoms with E-state index in [2.05, 4.69) is 16.0 Å². The molecule has 0 spiro atoms. The van der Waals surface area contributed by atoms with Gasteiger partial charge in [-0.15, -0.1) is 0 Å². The lowest BCUT2D eigenvalue weighted by molar-refractivity contribution is -0.124. The van der Waals surface area contributed by atoms with Crippen molar-refractivity contribution in [2.45, 2.75) is 12.5 Å². The summed E-state index contributed by atoms with van der Waals surface area (Å²) in [4.78, 5) is 11.7. The minimum absolute atomic E-state index is 0.0712. The predicted octanol–water partition coefficient (Wildman–Crippen LogP) is -1.67. The van der Waals surface area contributed by atoms with Gasteiger partial charge in [0.25, 0.3) is 0 Å². The number of Topliss-reactive ketones (excluding diaryl/α,β-unsaturated/α-hetero) is 1. The third-order valence-corrected chi connectivity index (χ3v) is 2.79. The molecule has 5 heteroatoms. The molecule has 0 amide bonds. The van der Waals surface area contributed by atoms with E-state index in [1.165, 1.54) is 0 Å². The molecule has 1 heterocycles. The van der Waals surface area contributed by atoms with Crippen molar-refractivity contribution in [3.8, 4) is 0 Å². The second kappa shape index (κ2) is 6.90. The SMILES string of the molecule is CNCC(=O)C(CO)C1CCNCCN1. The Labute approximate surface area is 90.6 Å². The van der Waals surface area contributed by atoms with Gasteiger partial charge in [0.05, 0.1) is 19.1 Å². The van der Waals surface area contributed by atoms with E-state index in [4.69, 9.17) is 0 Å². The van der Waals surface area contributed by atoms with Crippen molar-refractivity contribution in [3.05, 3.63) is 0 Å². The van der Waals surface area contributed by atoms with Gasteiger partial charge in [0.1, 0.15) is 0 Å². The molecule has 0 aromatic rings. The zero-order valence-corrected chi connectivity index (χ0v) is 9.25. The van der Waals surface area contributed by atoms with Crippen molar-refractivity contribution < 1.29 is 9.90 Å². The Balaban J connectivity index is 2.51. The predicted molar refractivity (Wildman–Crippen MR) is 58.8 cm³/mol. The van der Waals surface area contributed by atoms with Gasteiger partial charge < -0.3 is 21.1 Å². The number of nitrogens with one attached hydrogen (secondary N) is 3. The number of carbonyl (C=O) groups excluding carboxylic acids is 1. The molecule has 1 rings (SSSR count). The van der Waals surface area contributed by atoms with E-state index in [0.717, 1.165) is 26.1 Å². The molecule has 2 atom stereocenters. The number of carbonyl (C=O) groups is 1. The van der Waals surface area contributed by atoms with Crippen molar-refractivity contribution >= 4 is 5.78 Å². The molecule has 1 fully saturated rings. The molecule has 0 bridgehead atoms. The van der Waals surface area contributed by atoms with Crippen LogP contribution in [0.1, 0.15) is 6.42 Å². The average molecular weight is 215 g/mol. The summed E-state index contributed by atoms with van der Waals surface area (Å²) in [6.45, 7) is 2.94. The number of rotatable bonds is 5. The Hall–Kier alpha value is -0.490. The molecule has 1 aliphatic rings. The van der Waals surface area contributed by atoms with Crippen LogP contribution in [0, 0.1) is 5.92 Å². The minimum atomic E-state index is -0.280. The van der Waals surface area contributed by atoms with Crippen LogP contribution in [0.5, 0.6) is 0 Å². The number of ketones is 1. The zero-order valence-electron chi connectivity index (χ0n) is 9.25. The molecular formula is C10H21N3O2. The van der Waals surface area contributed by atoms with Gasteiger partial charge in [-0.25, -0.2) is 0 Å². The zero-order chi connectivity index (χ0) is 11.1. The van der Waals surface area contributed by atoms with E-state index in [-0.39, 0.29) is 24.3 Å². The normalized spacial score (nSPS) is 24.5. The average Bonchev–Trinajstić information content (AvgIpc) is 2.48. The summed E-state index contributed by atoms with van der Waals surface area (Å²) in [5.41, 5.74) is 0. The van der Waals surface area contributed by atoms with Gasteiger partial charge in [-0.1, -0.05) is 0 Å². The Morgan fingerprint density at radius 2 is 2.33 bits per heavy atom. The molecule has 0 radical (unpaired) electrons. The lowest BCUT2D eigenvalue weighted by Gasteiger charge is -2.23. The van der Waals surface area contributed by atoms with Crippen LogP contribution in [-0.2, 0) is 4.79 Å². The number of aliphatic hydroxyl groups is 1. The van der Waals surface area contributed by atoms with Gasteiger partial charge in [-0.05, 0) is 20.0 Å². The van der Waals surface area contributed by atoms with E-state index in [1.54, 1.807) is 7.05 Å². The lowest BCUT2D eigenvalue weighted by atomic mass is 9.93. The maximum atomic E-state index is 11.7. The number of hydrogen-bond donors (Lipinski definition) is 4. The summed E-state index contributed by atoms with van der Waals surface area (Å²) in [6, 6.07) is 0.103. The first kappa shape index (κ1) is 12.6.